The molecule has 0 amide bonds. The molecule has 0 spiro atoms. The van der Waals surface area contributed by atoms with Crippen LogP contribution in [0.1, 0.15) is 19.3 Å². The minimum Gasteiger partial charge on any atom is -0.379 e. The van der Waals surface area contributed by atoms with Gasteiger partial charge in [-0.3, -0.25) is 0 Å². The van der Waals surface area contributed by atoms with Crippen LogP contribution in [0.15, 0.2) is 25.0 Å². The maximum atomic E-state index is 5.45. The Morgan fingerprint density at radius 3 is 3.31 bits per heavy atom. The van der Waals surface area contributed by atoms with E-state index in [0.29, 0.717) is 12.1 Å². The Morgan fingerprint density at radius 2 is 2.56 bits per heavy atom. The first-order valence-electron chi connectivity index (χ1n) is 5.76. The van der Waals surface area contributed by atoms with E-state index in [1.54, 1.807) is 7.11 Å². The first-order chi connectivity index (χ1) is 7.85. The van der Waals surface area contributed by atoms with Gasteiger partial charge in [0.25, 0.3) is 0 Å². The Hall–Kier alpha value is -1.29. The number of hydrogen-bond acceptors (Lipinski definition) is 3. The summed E-state index contributed by atoms with van der Waals surface area (Å²) in [5.74, 6) is 0.911. The van der Waals surface area contributed by atoms with E-state index in [4.69, 9.17) is 4.74 Å². The molecule has 1 aliphatic rings. The molecule has 1 fully saturated rings. The molecule has 0 aromatic carbocycles. The smallest absolute Gasteiger partial charge is 0.203 e. The van der Waals surface area contributed by atoms with Crippen molar-refractivity contribution in [3.63, 3.8) is 0 Å². The fourth-order valence-electron chi connectivity index (χ4n) is 2.27. The monoisotopic (exact) mass is 221 g/mol. The Balaban J connectivity index is 2.02. The number of imidazole rings is 1. The zero-order valence-corrected chi connectivity index (χ0v) is 9.72. The van der Waals surface area contributed by atoms with Crippen LogP contribution in [0.2, 0.25) is 0 Å². The van der Waals surface area contributed by atoms with E-state index < -0.39 is 0 Å². The van der Waals surface area contributed by atoms with Gasteiger partial charge >= 0.3 is 0 Å². The molecular formula is C12H19N3O. The molecule has 1 aliphatic carbocycles. The number of rotatable bonds is 5. The van der Waals surface area contributed by atoms with Crippen LogP contribution in [0.25, 0.3) is 0 Å². The number of methoxy groups -OCH3 is 1. The second-order valence-electron chi connectivity index (χ2n) is 4.15. The Kier molecular flexibility index (Phi) is 3.62. The van der Waals surface area contributed by atoms with Crippen LogP contribution in [-0.2, 0) is 11.3 Å². The van der Waals surface area contributed by atoms with Gasteiger partial charge in [-0.05, 0) is 19.3 Å². The van der Waals surface area contributed by atoms with E-state index in [2.05, 4.69) is 21.4 Å². The molecule has 1 aromatic rings. The van der Waals surface area contributed by atoms with Crippen LogP contribution in [0.3, 0.4) is 0 Å². The van der Waals surface area contributed by atoms with Crippen molar-refractivity contribution in [1.82, 2.24) is 9.55 Å². The highest BCUT2D eigenvalue weighted by atomic mass is 16.5. The molecular weight excluding hydrogens is 202 g/mol. The predicted octanol–water partition coefficient (Wildman–Crippen LogP) is 2.05. The van der Waals surface area contributed by atoms with Crippen molar-refractivity contribution >= 4 is 5.95 Å². The van der Waals surface area contributed by atoms with Gasteiger partial charge in [0, 0.05) is 26.0 Å². The van der Waals surface area contributed by atoms with E-state index in [9.17, 15) is 0 Å². The molecule has 1 aromatic heterocycles. The van der Waals surface area contributed by atoms with E-state index in [1.807, 2.05) is 18.5 Å². The summed E-state index contributed by atoms with van der Waals surface area (Å²) in [7, 11) is 1.78. The minimum atomic E-state index is 0.314. The van der Waals surface area contributed by atoms with Crippen LogP contribution in [0.5, 0.6) is 0 Å². The second-order valence-corrected chi connectivity index (χ2v) is 4.15. The number of allylic oxidation sites excluding steroid dienone is 1. The third-order valence-corrected chi connectivity index (χ3v) is 3.11. The molecule has 1 heterocycles. The van der Waals surface area contributed by atoms with E-state index >= 15 is 0 Å². The molecule has 0 aliphatic heterocycles. The van der Waals surface area contributed by atoms with Crippen molar-refractivity contribution < 1.29 is 4.74 Å². The largest absolute Gasteiger partial charge is 0.379 e. The van der Waals surface area contributed by atoms with Crippen molar-refractivity contribution in [2.75, 3.05) is 12.4 Å². The third-order valence-electron chi connectivity index (χ3n) is 3.11. The molecule has 2 atom stereocenters. The molecule has 0 bridgehead atoms. The first-order valence-corrected chi connectivity index (χ1v) is 5.76. The number of nitrogens with one attached hydrogen (secondary N) is 1. The summed E-state index contributed by atoms with van der Waals surface area (Å²) in [5, 5.41) is 3.45. The van der Waals surface area contributed by atoms with E-state index in [-0.39, 0.29) is 0 Å². The summed E-state index contributed by atoms with van der Waals surface area (Å²) in [6.45, 7) is 4.52. The van der Waals surface area contributed by atoms with E-state index in [0.717, 1.165) is 25.3 Å². The maximum absolute atomic E-state index is 5.45. The van der Waals surface area contributed by atoms with E-state index in [1.165, 1.54) is 6.42 Å². The molecule has 0 radical (unpaired) electrons. The molecule has 16 heavy (non-hydrogen) atoms. The number of ether oxygens (including phenoxy) is 1. The van der Waals surface area contributed by atoms with Crippen LogP contribution in [-0.4, -0.2) is 28.8 Å². The van der Waals surface area contributed by atoms with Gasteiger partial charge < -0.3 is 14.6 Å². The number of aromatic nitrogens is 2. The van der Waals surface area contributed by atoms with Crippen molar-refractivity contribution in [2.45, 2.75) is 38.0 Å². The SMILES string of the molecule is C=CCn1ccnc1NC1CCCC1OC. The van der Waals surface area contributed by atoms with Gasteiger partial charge in [0.15, 0.2) is 0 Å². The third kappa shape index (κ3) is 2.27. The summed E-state index contributed by atoms with van der Waals surface area (Å²) < 4.78 is 7.51. The molecule has 4 heteroatoms. The van der Waals surface area contributed by atoms with Crippen molar-refractivity contribution in [3.05, 3.63) is 25.0 Å². The molecule has 88 valence electrons. The highest BCUT2D eigenvalue weighted by molar-refractivity contribution is 5.29. The molecule has 4 nitrogen and oxygen atoms in total. The lowest BCUT2D eigenvalue weighted by molar-refractivity contribution is 0.101. The van der Waals surface area contributed by atoms with Gasteiger partial charge in [0.05, 0.1) is 12.1 Å². The quantitative estimate of drug-likeness (QED) is 0.773. The molecule has 2 unspecified atom stereocenters. The van der Waals surface area contributed by atoms with Crippen molar-refractivity contribution in [1.29, 1.82) is 0 Å². The fraction of sp³-hybridized carbons (Fsp3) is 0.583. The number of nitrogens with zero attached hydrogens (tertiary/aromatic N) is 2. The van der Waals surface area contributed by atoms with Gasteiger partial charge in [-0.2, -0.15) is 0 Å². The Bertz CT molecular complexity index is 348. The summed E-state index contributed by atoms with van der Waals surface area (Å²) in [6, 6.07) is 0.385. The first kappa shape index (κ1) is 11.2. The molecule has 2 rings (SSSR count). The van der Waals surface area contributed by atoms with Crippen molar-refractivity contribution in [2.24, 2.45) is 0 Å². The Morgan fingerprint density at radius 1 is 1.69 bits per heavy atom. The van der Waals surface area contributed by atoms with Crippen LogP contribution in [0.4, 0.5) is 5.95 Å². The van der Waals surface area contributed by atoms with Crippen LogP contribution in [0, 0.1) is 0 Å². The van der Waals surface area contributed by atoms with Gasteiger partial charge in [0.2, 0.25) is 5.95 Å². The number of hydrogen-bond donors (Lipinski definition) is 1. The maximum Gasteiger partial charge on any atom is 0.203 e. The van der Waals surface area contributed by atoms with Crippen molar-refractivity contribution in [3.8, 4) is 0 Å². The summed E-state index contributed by atoms with van der Waals surface area (Å²) >= 11 is 0. The van der Waals surface area contributed by atoms with Gasteiger partial charge in [0.1, 0.15) is 0 Å². The van der Waals surface area contributed by atoms with Crippen LogP contribution < -0.4 is 5.32 Å². The average Bonchev–Trinajstić information content (AvgIpc) is 2.89. The lowest BCUT2D eigenvalue weighted by atomic mass is 10.2. The Labute approximate surface area is 96.3 Å². The zero-order valence-electron chi connectivity index (χ0n) is 9.72. The second kappa shape index (κ2) is 5.16. The fourth-order valence-corrected chi connectivity index (χ4v) is 2.27. The highest BCUT2D eigenvalue weighted by Gasteiger charge is 2.27. The zero-order chi connectivity index (χ0) is 11.4. The summed E-state index contributed by atoms with van der Waals surface area (Å²) in [6.07, 6.45) is 9.46. The lowest BCUT2D eigenvalue weighted by Gasteiger charge is -2.20. The highest BCUT2D eigenvalue weighted by Crippen LogP contribution is 2.24. The number of anilines is 1. The summed E-state index contributed by atoms with van der Waals surface area (Å²) in [5.41, 5.74) is 0. The molecule has 1 saturated carbocycles. The van der Waals surface area contributed by atoms with Crippen LogP contribution >= 0.6 is 0 Å². The van der Waals surface area contributed by atoms with Gasteiger partial charge in [-0.25, -0.2) is 4.98 Å². The van der Waals surface area contributed by atoms with Gasteiger partial charge in [-0.1, -0.05) is 6.08 Å². The average molecular weight is 221 g/mol. The standard InChI is InChI=1S/C12H19N3O/c1-3-8-15-9-7-13-12(15)14-10-5-4-6-11(10)16-2/h3,7,9-11H,1,4-6,8H2,2H3,(H,13,14). The normalized spacial score (nSPS) is 24.6. The lowest BCUT2D eigenvalue weighted by Crippen LogP contribution is -2.30. The minimum absolute atomic E-state index is 0.314. The van der Waals surface area contributed by atoms with Gasteiger partial charge in [-0.15, -0.1) is 6.58 Å². The predicted molar refractivity (Wildman–Crippen MR) is 64.5 cm³/mol. The topological polar surface area (TPSA) is 39.1 Å². The molecule has 0 saturated heterocycles. The summed E-state index contributed by atoms with van der Waals surface area (Å²) in [4.78, 5) is 4.32. The molecule has 1 N–H and O–H groups in total.